The van der Waals surface area contributed by atoms with Gasteiger partial charge >= 0.3 is 5.97 Å². The van der Waals surface area contributed by atoms with Gasteiger partial charge in [0.25, 0.3) is 0 Å². The Morgan fingerprint density at radius 2 is 2.32 bits per heavy atom. The monoisotopic (exact) mass is 279 g/mol. The van der Waals surface area contributed by atoms with Crippen LogP contribution in [0.3, 0.4) is 0 Å². The van der Waals surface area contributed by atoms with Gasteiger partial charge in [0.2, 0.25) is 0 Å². The van der Waals surface area contributed by atoms with Gasteiger partial charge in [0.05, 0.1) is 6.26 Å². The standard InChI is InChI=1S/C14H17NO3S/c1-10(4-5-11-3-2-8-18-11)15-9-12-6-7-13(19-12)14(16)17/h2-3,6-8,10,15H,4-5,9H2,1H3,(H,16,17). The maximum absolute atomic E-state index is 10.8. The molecule has 4 nitrogen and oxygen atoms in total. The minimum Gasteiger partial charge on any atom is -0.477 e. The van der Waals surface area contributed by atoms with Crippen LogP contribution in [0.15, 0.2) is 34.9 Å². The topological polar surface area (TPSA) is 62.5 Å². The van der Waals surface area contributed by atoms with Gasteiger partial charge in [0, 0.05) is 23.9 Å². The SMILES string of the molecule is CC(CCc1ccco1)NCc1ccc(C(=O)O)s1. The quantitative estimate of drug-likeness (QED) is 0.817. The van der Waals surface area contributed by atoms with Gasteiger partial charge in [0.15, 0.2) is 0 Å². The molecule has 102 valence electrons. The summed E-state index contributed by atoms with van der Waals surface area (Å²) >= 11 is 1.32. The first-order valence-corrected chi connectivity index (χ1v) is 7.04. The Bertz CT molecular complexity index is 519. The fourth-order valence-electron chi connectivity index (χ4n) is 1.78. The number of thiophene rings is 1. The van der Waals surface area contributed by atoms with E-state index in [2.05, 4.69) is 12.2 Å². The molecule has 1 unspecified atom stereocenters. The molecule has 1 atom stereocenters. The molecule has 2 rings (SSSR count). The third-order valence-corrected chi connectivity index (χ3v) is 3.97. The van der Waals surface area contributed by atoms with Gasteiger partial charge in [-0.1, -0.05) is 0 Å². The summed E-state index contributed by atoms with van der Waals surface area (Å²) in [5.74, 6) is 0.139. The number of carbonyl (C=O) groups is 1. The number of rotatable bonds is 7. The zero-order valence-electron chi connectivity index (χ0n) is 10.8. The molecule has 0 radical (unpaired) electrons. The van der Waals surface area contributed by atoms with Crippen molar-refractivity contribution in [1.29, 1.82) is 0 Å². The summed E-state index contributed by atoms with van der Waals surface area (Å²) in [6, 6.07) is 7.75. The second-order valence-corrected chi connectivity index (χ2v) is 5.64. The van der Waals surface area contributed by atoms with E-state index in [0.29, 0.717) is 17.5 Å². The first kappa shape index (κ1) is 13.8. The number of aryl methyl sites for hydroxylation is 1. The molecule has 0 aliphatic carbocycles. The van der Waals surface area contributed by atoms with Crippen molar-refractivity contribution in [2.75, 3.05) is 0 Å². The molecule has 0 aliphatic heterocycles. The van der Waals surface area contributed by atoms with Gasteiger partial charge in [-0.05, 0) is 37.6 Å². The third kappa shape index (κ3) is 4.22. The van der Waals surface area contributed by atoms with Crippen LogP contribution < -0.4 is 5.32 Å². The van der Waals surface area contributed by atoms with Crippen LogP contribution in [-0.4, -0.2) is 17.1 Å². The Hall–Kier alpha value is -1.59. The smallest absolute Gasteiger partial charge is 0.345 e. The molecule has 2 heterocycles. The van der Waals surface area contributed by atoms with E-state index < -0.39 is 5.97 Å². The Morgan fingerprint density at radius 1 is 1.47 bits per heavy atom. The number of carboxylic acids is 1. The van der Waals surface area contributed by atoms with Crippen LogP contribution in [0, 0.1) is 0 Å². The highest BCUT2D eigenvalue weighted by Crippen LogP contribution is 2.16. The summed E-state index contributed by atoms with van der Waals surface area (Å²) < 4.78 is 5.29. The normalized spacial score (nSPS) is 12.5. The molecule has 0 spiro atoms. The molecule has 2 aromatic rings. The molecule has 0 aliphatic rings. The van der Waals surface area contributed by atoms with Crippen molar-refractivity contribution >= 4 is 17.3 Å². The third-order valence-electron chi connectivity index (χ3n) is 2.90. The number of furan rings is 1. The lowest BCUT2D eigenvalue weighted by Gasteiger charge is -2.11. The number of nitrogens with one attached hydrogen (secondary N) is 1. The summed E-state index contributed by atoms with van der Waals surface area (Å²) in [6.07, 6.45) is 3.59. The molecule has 0 fully saturated rings. The van der Waals surface area contributed by atoms with Crippen LogP contribution in [0.5, 0.6) is 0 Å². The van der Waals surface area contributed by atoms with Crippen molar-refractivity contribution in [2.45, 2.75) is 32.4 Å². The molecule has 0 aromatic carbocycles. The Kier molecular flexibility index (Phi) is 4.76. The predicted octanol–water partition coefficient (Wildman–Crippen LogP) is 3.15. The number of hydrogen-bond acceptors (Lipinski definition) is 4. The highest BCUT2D eigenvalue weighted by molar-refractivity contribution is 7.13. The van der Waals surface area contributed by atoms with Crippen molar-refractivity contribution in [3.05, 3.63) is 46.0 Å². The van der Waals surface area contributed by atoms with Gasteiger partial charge in [-0.25, -0.2) is 4.79 Å². The van der Waals surface area contributed by atoms with Crippen LogP contribution in [0.4, 0.5) is 0 Å². The van der Waals surface area contributed by atoms with Gasteiger partial charge in [0.1, 0.15) is 10.6 Å². The number of hydrogen-bond donors (Lipinski definition) is 2. The lowest BCUT2D eigenvalue weighted by atomic mass is 10.1. The lowest BCUT2D eigenvalue weighted by molar-refractivity contribution is 0.0702. The van der Waals surface area contributed by atoms with Crippen molar-refractivity contribution < 1.29 is 14.3 Å². The molecular weight excluding hydrogens is 262 g/mol. The maximum atomic E-state index is 10.8. The van der Waals surface area contributed by atoms with E-state index in [0.717, 1.165) is 23.5 Å². The minimum atomic E-state index is -0.859. The van der Waals surface area contributed by atoms with E-state index in [1.54, 1.807) is 12.3 Å². The van der Waals surface area contributed by atoms with Crippen LogP contribution in [0.2, 0.25) is 0 Å². The van der Waals surface area contributed by atoms with E-state index in [9.17, 15) is 4.79 Å². The molecule has 0 saturated carbocycles. The summed E-state index contributed by atoms with van der Waals surface area (Å²) in [7, 11) is 0. The summed E-state index contributed by atoms with van der Waals surface area (Å²) in [5.41, 5.74) is 0. The average Bonchev–Trinajstić information content (AvgIpc) is 3.05. The molecule has 2 aromatic heterocycles. The van der Waals surface area contributed by atoms with Crippen LogP contribution in [-0.2, 0) is 13.0 Å². The zero-order chi connectivity index (χ0) is 13.7. The second kappa shape index (κ2) is 6.54. The maximum Gasteiger partial charge on any atom is 0.345 e. The Morgan fingerprint density at radius 3 is 2.95 bits per heavy atom. The molecule has 0 saturated heterocycles. The highest BCUT2D eigenvalue weighted by atomic mass is 32.1. The molecular formula is C14H17NO3S. The van der Waals surface area contributed by atoms with E-state index in [4.69, 9.17) is 9.52 Å². The lowest BCUT2D eigenvalue weighted by Crippen LogP contribution is -2.25. The Balaban J connectivity index is 1.73. The number of aromatic carboxylic acids is 1. The van der Waals surface area contributed by atoms with E-state index in [1.165, 1.54) is 11.3 Å². The fourth-order valence-corrected chi connectivity index (χ4v) is 2.58. The summed E-state index contributed by atoms with van der Waals surface area (Å²) in [6.45, 7) is 2.83. The van der Waals surface area contributed by atoms with Crippen molar-refractivity contribution in [1.82, 2.24) is 5.32 Å². The van der Waals surface area contributed by atoms with E-state index >= 15 is 0 Å². The van der Waals surface area contributed by atoms with Crippen molar-refractivity contribution in [2.24, 2.45) is 0 Å². The van der Waals surface area contributed by atoms with Crippen LogP contribution >= 0.6 is 11.3 Å². The summed E-state index contributed by atoms with van der Waals surface area (Å²) in [4.78, 5) is 12.2. The first-order valence-electron chi connectivity index (χ1n) is 6.23. The number of carboxylic acid groups (broad SMARTS) is 1. The van der Waals surface area contributed by atoms with Crippen LogP contribution in [0.1, 0.15) is 33.7 Å². The van der Waals surface area contributed by atoms with E-state index in [-0.39, 0.29) is 0 Å². The molecule has 0 bridgehead atoms. The van der Waals surface area contributed by atoms with Crippen molar-refractivity contribution in [3.8, 4) is 0 Å². The minimum absolute atomic E-state index is 0.362. The van der Waals surface area contributed by atoms with Gasteiger partial charge in [-0.3, -0.25) is 0 Å². The highest BCUT2D eigenvalue weighted by Gasteiger charge is 2.08. The second-order valence-electron chi connectivity index (χ2n) is 4.47. The van der Waals surface area contributed by atoms with Gasteiger partial charge in [-0.2, -0.15) is 0 Å². The van der Waals surface area contributed by atoms with Gasteiger partial charge in [-0.15, -0.1) is 11.3 Å². The van der Waals surface area contributed by atoms with Crippen LogP contribution in [0.25, 0.3) is 0 Å². The molecule has 2 N–H and O–H groups in total. The Labute approximate surface area is 116 Å². The molecule has 5 heteroatoms. The van der Waals surface area contributed by atoms with E-state index in [1.807, 2.05) is 18.2 Å². The molecule has 0 amide bonds. The molecule has 19 heavy (non-hydrogen) atoms. The van der Waals surface area contributed by atoms with Crippen molar-refractivity contribution in [3.63, 3.8) is 0 Å². The zero-order valence-corrected chi connectivity index (χ0v) is 11.6. The van der Waals surface area contributed by atoms with Gasteiger partial charge < -0.3 is 14.8 Å². The summed E-state index contributed by atoms with van der Waals surface area (Å²) in [5, 5.41) is 12.2. The largest absolute Gasteiger partial charge is 0.477 e. The fraction of sp³-hybridized carbons (Fsp3) is 0.357. The predicted molar refractivity (Wildman–Crippen MR) is 74.6 cm³/mol. The average molecular weight is 279 g/mol. The first-order chi connectivity index (χ1) is 9.15.